The van der Waals surface area contributed by atoms with E-state index in [1.165, 1.54) is 10.7 Å². The highest BCUT2D eigenvalue weighted by molar-refractivity contribution is 6.05. The lowest BCUT2D eigenvalue weighted by molar-refractivity contribution is 0.102. The van der Waals surface area contributed by atoms with Crippen LogP contribution in [-0.4, -0.2) is 33.4 Å². The number of hydrogen-bond donors (Lipinski definition) is 3. The van der Waals surface area contributed by atoms with Gasteiger partial charge in [-0.3, -0.25) is 4.79 Å². The number of phenols is 1. The lowest BCUT2D eigenvalue weighted by Crippen LogP contribution is -2.30. The van der Waals surface area contributed by atoms with Crippen molar-refractivity contribution in [2.45, 2.75) is 25.7 Å². The van der Waals surface area contributed by atoms with E-state index in [0.29, 0.717) is 29.1 Å². The Labute approximate surface area is 180 Å². The number of carbonyl (C=O) groups excluding carboxylic acids is 2. The molecule has 31 heavy (non-hydrogen) atoms. The molecule has 1 fully saturated rings. The van der Waals surface area contributed by atoms with Gasteiger partial charge in [0, 0.05) is 29.3 Å². The fourth-order valence-corrected chi connectivity index (χ4v) is 3.44. The minimum atomic E-state index is -0.337. The number of aryl methyl sites for hydroxylation is 1. The first-order chi connectivity index (χ1) is 15.0. The van der Waals surface area contributed by atoms with Gasteiger partial charge in [0.1, 0.15) is 5.75 Å². The highest BCUT2D eigenvalue weighted by Crippen LogP contribution is 2.42. The van der Waals surface area contributed by atoms with Crippen LogP contribution in [0.15, 0.2) is 61.2 Å². The zero-order valence-electron chi connectivity index (χ0n) is 17.3. The zero-order chi connectivity index (χ0) is 22.0. The van der Waals surface area contributed by atoms with Gasteiger partial charge in [0.2, 0.25) is 0 Å². The second-order valence-electron chi connectivity index (χ2n) is 7.62. The van der Waals surface area contributed by atoms with Gasteiger partial charge in [0.25, 0.3) is 5.91 Å². The summed E-state index contributed by atoms with van der Waals surface area (Å²) >= 11 is 0. The summed E-state index contributed by atoms with van der Waals surface area (Å²) in [7, 11) is 0. The molecule has 0 bridgehead atoms. The summed E-state index contributed by atoms with van der Waals surface area (Å²) in [6.07, 6.45) is 3.60. The molecule has 1 heterocycles. The maximum absolute atomic E-state index is 12.7. The Bertz CT molecular complexity index is 1160. The topological polar surface area (TPSA) is 96.3 Å². The van der Waals surface area contributed by atoms with Crippen LogP contribution in [0, 0.1) is 6.92 Å². The third-order valence-electron chi connectivity index (χ3n) is 5.24. The van der Waals surface area contributed by atoms with Gasteiger partial charge in [-0.05, 0) is 55.7 Å². The average molecular weight is 416 g/mol. The van der Waals surface area contributed by atoms with Crippen LogP contribution < -0.4 is 10.6 Å². The quantitative estimate of drug-likeness (QED) is 0.409. The predicted molar refractivity (Wildman–Crippen MR) is 119 cm³/mol. The molecule has 1 aromatic heterocycles. The molecule has 1 aliphatic carbocycles. The van der Waals surface area contributed by atoms with E-state index in [-0.39, 0.29) is 23.6 Å². The fraction of sp³-hybridized carbons (Fsp3) is 0.208. The number of benzene rings is 2. The lowest BCUT2D eigenvalue weighted by atomic mass is 10.1. The van der Waals surface area contributed by atoms with Crippen LogP contribution >= 0.6 is 0 Å². The molecule has 1 aliphatic rings. The molecule has 4 rings (SSSR count). The Morgan fingerprint density at radius 2 is 2.00 bits per heavy atom. The first kappa shape index (κ1) is 20.4. The van der Waals surface area contributed by atoms with E-state index in [9.17, 15) is 14.7 Å². The van der Waals surface area contributed by atoms with E-state index in [0.717, 1.165) is 24.1 Å². The first-order valence-corrected chi connectivity index (χ1v) is 10.2. The van der Waals surface area contributed by atoms with Gasteiger partial charge < -0.3 is 15.7 Å². The van der Waals surface area contributed by atoms with E-state index < -0.39 is 0 Å². The number of aromatic nitrogens is 2. The van der Waals surface area contributed by atoms with E-state index in [2.05, 4.69) is 22.3 Å². The summed E-state index contributed by atoms with van der Waals surface area (Å²) in [5.74, 6) is 0.0666. The van der Waals surface area contributed by atoms with Crippen LogP contribution in [-0.2, 0) is 0 Å². The molecule has 0 aliphatic heterocycles. The van der Waals surface area contributed by atoms with Crippen molar-refractivity contribution in [1.82, 2.24) is 15.1 Å². The molecule has 0 radical (unpaired) electrons. The largest absolute Gasteiger partial charge is 0.507 e. The van der Waals surface area contributed by atoms with Gasteiger partial charge in [-0.1, -0.05) is 24.3 Å². The molecule has 0 spiro atoms. The Morgan fingerprint density at radius 3 is 2.71 bits per heavy atom. The highest BCUT2D eigenvalue weighted by atomic mass is 16.3. The third-order valence-corrected chi connectivity index (χ3v) is 5.24. The summed E-state index contributed by atoms with van der Waals surface area (Å²) in [6, 6.07) is 13.6. The molecule has 1 saturated carbocycles. The molecule has 7 heteroatoms. The number of nitrogens with zero attached hydrogens (tertiary/aromatic N) is 2. The summed E-state index contributed by atoms with van der Waals surface area (Å²) < 4.78 is 1.36. The number of nitrogens with one attached hydrogen (secondary N) is 2. The summed E-state index contributed by atoms with van der Waals surface area (Å²) in [5, 5.41) is 20.5. The first-order valence-electron chi connectivity index (χ1n) is 10.2. The Kier molecular flexibility index (Phi) is 5.58. The van der Waals surface area contributed by atoms with Crippen LogP contribution in [0.4, 0.5) is 10.5 Å². The van der Waals surface area contributed by atoms with Gasteiger partial charge in [0.15, 0.2) is 0 Å². The number of carbonyl (C=O) groups is 2. The van der Waals surface area contributed by atoms with E-state index in [1.807, 2.05) is 31.2 Å². The monoisotopic (exact) mass is 416 g/mol. The normalized spacial score (nSPS) is 12.9. The Morgan fingerprint density at radius 1 is 1.23 bits per heavy atom. The number of amides is 2. The van der Waals surface area contributed by atoms with Crippen molar-refractivity contribution in [3.63, 3.8) is 0 Å². The fourth-order valence-electron chi connectivity index (χ4n) is 3.44. The molecule has 2 aromatic carbocycles. The van der Waals surface area contributed by atoms with Gasteiger partial charge in [-0.2, -0.15) is 9.78 Å². The molecule has 2 amide bonds. The van der Waals surface area contributed by atoms with Crippen molar-refractivity contribution in [1.29, 1.82) is 0 Å². The van der Waals surface area contributed by atoms with E-state index in [1.54, 1.807) is 24.3 Å². The molecule has 0 unspecified atom stereocenters. The molecule has 158 valence electrons. The van der Waals surface area contributed by atoms with Gasteiger partial charge in [-0.25, -0.2) is 4.79 Å². The summed E-state index contributed by atoms with van der Waals surface area (Å²) in [4.78, 5) is 25.2. The van der Waals surface area contributed by atoms with Crippen molar-refractivity contribution >= 4 is 17.6 Å². The van der Waals surface area contributed by atoms with Gasteiger partial charge in [0.05, 0.1) is 11.4 Å². The smallest absolute Gasteiger partial charge is 0.342 e. The molecule has 0 atom stereocenters. The SMILES string of the molecule is C=CCNC(=O)n1nc(-c2cc(NC(=O)c3ccccc3C)ccc2O)cc1C1CC1. The minimum Gasteiger partial charge on any atom is -0.507 e. The standard InChI is InChI=1S/C24H24N4O3/c1-3-12-25-24(31)28-21(16-8-9-16)14-20(27-28)19-13-17(10-11-22(19)29)26-23(30)18-7-5-4-6-15(18)2/h3-7,10-11,13-14,16,29H,1,8-9,12H2,2H3,(H,25,31)(H,26,30). The molecular formula is C24H24N4O3. The Balaban J connectivity index is 1.64. The molecule has 7 nitrogen and oxygen atoms in total. The maximum atomic E-state index is 12.7. The summed E-state index contributed by atoms with van der Waals surface area (Å²) in [5.41, 5.74) is 3.71. The Hall–Kier alpha value is -3.87. The minimum absolute atomic E-state index is 0.0207. The summed E-state index contributed by atoms with van der Waals surface area (Å²) in [6.45, 7) is 5.82. The van der Waals surface area contributed by atoms with Crippen molar-refractivity contribution in [2.24, 2.45) is 0 Å². The number of aromatic hydroxyl groups is 1. The lowest BCUT2D eigenvalue weighted by Gasteiger charge is -2.10. The third kappa shape index (κ3) is 4.35. The average Bonchev–Trinajstić information content (AvgIpc) is 3.52. The second-order valence-corrected chi connectivity index (χ2v) is 7.62. The number of rotatable bonds is 6. The van der Waals surface area contributed by atoms with Crippen LogP contribution in [0.3, 0.4) is 0 Å². The highest BCUT2D eigenvalue weighted by Gasteiger charge is 2.30. The molecule has 3 aromatic rings. The number of hydrogen-bond acceptors (Lipinski definition) is 4. The van der Waals surface area contributed by atoms with E-state index >= 15 is 0 Å². The van der Waals surface area contributed by atoms with Crippen molar-refractivity contribution in [3.8, 4) is 17.0 Å². The molecule has 3 N–H and O–H groups in total. The zero-order valence-corrected chi connectivity index (χ0v) is 17.3. The van der Waals surface area contributed by atoms with Crippen molar-refractivity contribution < 1.29 is 14.7 Å². The number of phenolic OH excluding ortho intramolecular Hbond substituents is 1. The van der Waals surface area contributed by atoms with E-state index in [4.69, 9.17) is 0 Å². The second kappa shape index (κ2) is 8.47. The van der Waals surface area contributed by atoms with Crippen molar-refractivity contribution in [3.05, 3.63) is 78.0 Å². The van der Waals surface area contributed by atoms with Crippen molar-refractivity contribution in [2.75, 3.05) is 11.9 Å². The van der Waals surface area contributed by atoms with Crippen LogP contribution in [0.25, 0.3) is 11.3 Å². The maximum Gasteiger partial charge on any atom is 0.342 e. The van der Waals surface area contributed by atoms with Gasteiger partial charge in [-0.15, -0.1) is 6.58 Å². The van der Waals surface area contributed by atoms with Gasteiger partial charge >= 0.3 is 6.03 Å². The molecule has 0 saturated heterocycles. The number of anilines is 1. The van der Waals surface area contributed by atoms with Crippen LogP contribution in [0.1, 0.15) is 40.4 Å². The predicted octanol–water partition coefficient (Wildman–Crippen LogP) is 4.44. The van der Waals surface area contributed by atoms with Crippen LogP contribution in [0.5, 0.6) is 5.75 Å². The molecular weight excluding hydrogens is 392 g/mol. The van der Waals surface area contributed by atoms with Crippen LogP contribution in [0.2, 0.25) is 0 Å².